The van der Waals surface area contributed by atoms with Gasteiger partial charge in [-0.25, -0.2) is 12.7 Å². The van der Waals surface area contributed by atoms with Gasteiger partial charge in [-0.05, 0) is 32.4 Å². The Kier molecular flexibility index (Phi) is 2.54. The van der Waals surface area contributed by atoms with Crippen molar-refractivity contribution < 1.29 is 13.2 Å². The van der Waals surface area contributed by atoms with Crippen LogP contribution in [0.3, 0.4) is 0 Å². The van der Waals surface area contributed by atoms with Gasteiger partial charge < -0.3 is 0 Å². The number of para-hydroxylation sites is 1. The molecule has 1 amide bonds. The fraction of sp³-hybridized carbons (Fsp3) is 0.417. The van der Waals surface area contributed by atoms with E-state index in [1.165, 1.54) is 0 Å². The summed E-state index contributed by atoms with van der Waals surface area (Å²) >= 11 is 0. The van der Waals surface area contributed by atoms with Crippen molar-refractivity contribution in [3.8, 4) is 0 Å². The van der Waals surface area contributed by atoms with Gasteiger partial charge in [0.2, 0.25) is 15.9 Å². The molecule has 0 aromatic heterocycles. The first-order chi connectivity index (χ1) is 7.76. The van der Waals surface area contributed by atoms with Crippen LogP contribution in [0.5, 0.6) is 0 Å². The molecule has 1 fully saturated rings. The van der Waals surface area contributed by atoms with Crippen LogP contribution >= 0.6 is 0 Å². The minimum atomic E-state index is -3.54. The van der Waals surface area contributed by atoms with Gasteiger partial charge in [-0.1, -0.05) is 18.2 Å². The lowest BCUT2D eigenvalue weighted by molar-refractivity contribution is -0.123. The summed E-state index contributed by atoms with van der Waals surface area (Å²) in [7, 11) is -3.54. The third kappa shape index (κ3) is 1.84. The largest absolute Gasteiger partial charge is 0.273 e. The van der Waals surface area contributed by atoms with Gasteiger partial charge in [0.05, 0.1) is 16.9 Å². The summed E-state index contributed by atoms with van der Waals surface area (Å²) < 4.78 is 25.0. The molecule has 92 valence electrons. The molecule has 0 N–H and O–H groups in total. The predicted octanol–water partition coefficient (Wildman–Crippen LogP) is 1.70. The number of nitrogens with zero attached hydrogens (tertiary/aromatic N) is 1. The molecule has 1 aliphatic rings. The zero-order chi connectivity index (χ0) is 12.8. The van der Waals surface area contributed by atoms with Gasteiger partial charge in [-0.15, -0.1) is 0 Å². The van der Waals surface area contributed by atoms with E-state index in [4.69, 9.17) is 0 Å². The molecule has 1 saturated heterocycles. The number of amides is 1. The van der Waals surface area contributed by atoms with Crippen molar-refractivity contribution in [3.63, 3.8) is 0 Å². The van der Waals surface area contributed by atoms with Crippen LogP contribution in [0.4, 0.5) is 5.69 Å². The van der Waals surface area contributed by atoms with E-state index in [0.29, 0.717) is 5.69 Å². The number of anilines is 1. The van der Waals surface area contributed by atoms with E-state index in [-0.39, 0.29) is 11.7 Å². The molecule has 0 saturated carbocycles. The molecule has 0 atom stereocenters. The average molecular weight is 253 g/mol. The maximum Gasteiger partial charge on any atom is 0.247 e. The molecule has 0 radical (unpaired) electrons. The Bertz CT molecular complexity index is 575. The highest BCUT2D eigenvalue weighted by Crippen LogP contribution is 2.36. The van der Waals surface area contributed by atoms with Crippen molar-refractivity contribution in [1.29, 1.82) is 0 Å². The summed E-state index contributed by atoms with van der Waals surface area (Å²) in [5.41, 5.74) is 0.395. The van der Waals surface area contributed by atoms with Gasteiger partial charge in [0.15, 0.2) is 0 Å². The molecule has 1 aromatic rings. The van der Waals surface area contributed by atoms with Crippen LogP contribution in [0.25, 0.3) is 0 Å². The Hall–Kier alpha value is -1.36. The molecule has 4 nitrogen and oxygen atoms in total. The summed E-state index contributed by atoms with van der Waals surface area (Å²) in [6.07, 6.45) is 0. The smallest absolute Gasteiger partial charge is 0.247 e. The van der Waals surface area contributed by atoms with E-state index < -0.39 is 15.4 Å². The zero-order valence-electron chi connectivity index (χ0n) is 10.1. The van der Waals surface area contributed by atoms with Crippen molar-refractivity contribution in [3.05, 3.63) is 29.8 Å². The van der Waals surface area contributed by atoms with Crippen molar-refractivity contribution in [2.75, 3.05) is 10.1 Å². The fourth-order valence-electron chi connectivity index (χ4n) is 2.03. The molecular formula is C12H15NO3S. The first-order valence-corrected chi connectivity index (χ1v) is 7.00. The van der Waals surface area contributed by atoms with Crippen LogP contribution in [0.15, 0.2) is 24.3 Å². The third-order valence-electron chi connectivity index (χ3n) is 2.92. The summed E-state index contributed by atoms with van der Waals surface area (Å²) in [6.45, 7) is 5.11. The zero-order valence-corrected chi connectivity index (χ0v) is 10.9. The highest BCUT2D eigenvalue weighted by atomic mass is 32.2. The quantitative estimate of drug-likeness (QED) is 0.765. The van der Waals surface area contributed by atoms with E-state index in [0.717, 1.165) is 9.87 Å². The highest BCUT2D eigenvalue weighted by Gasteiger charge is 2.50. The molecular weight excluding hydrogens is 238 g/mol. The van der Waals surface area contributed by atoms with E-state index >= 15 is 0 Å². The molecule has 0 aliphatic carbocycles. The Labute approximate surface area is 101 Å². The average Bonchev–Trinajstić information content (AvgIpc) is 2.34. The molecule has 5 heteroatoms. The van der Waals surface area contributed by atoms with Crippen molar-refractivity contribution in [2.45, 2.75) is 20.8 Å². The molecule has 0 spiro atoms. The van der Waals surface area contributed by atoms with Gasteiger partial charge >= 0.3 is 0 Å². The number of sulfonamides is 1. The van der Waals surface area contributed by atoms with Gasteiger partial charge in [-0.2, -0.15) is 0 Å². The van der Waals surface area contributed by atoms with Gasteiger partial charge in [-0.3, -0.25) is 4.79 Å². The Morgan fingerprint density at radius 3 is 2.29 bits per heavy atom. The standard InChI is InChI=1S/C12H15NO3S/c1-9-6-4-5-7-10(9)13-11(14)12(2,3)8-17(13,15)16/h4-7H,8H2,1-3H3. The number of hydrogen-bond donors (Lipinski definition) is 0. The number of hydrogen-bond acceptors (Lipinski definition) is 3. The minimum absolute atomic E-state index is 0.132. The van der Waals surface area contributed by atoms with Crippen LogP contribution in [0, 0.1) is 12.3 Å². The lowest BCUT2D eigenvalue weighted by atomic mass is 9.95. The first kappa shape index (κ1) is 12.1. The monoisotopic (exact) mass is 253 g/mol. The Morgan fingerprint density at radius 2 is 1.82 bits per heavy atom. The second kappa shape index (κ2) is 3.57. The topological polar surface area (TPSA) is 54.5 Å². The first-order valence-electron chi connectivity index (χ1n) is 5.39. The van der Waals surface area contributed by atoms with Crippen LogP contribution in [0.1, 0.15) is 19.4 Å². The molecule has 0 bridgehead atoms. The number of benzene rings is 1. The number of carbonyl (C=O) groups excluding carboxylic acids is 1. The fourth-order valence-corrected chi connectivity index (χ4v) is 4.20. The maximum atomic E-state index is 12.1. The molecule has 17 heavy (non-hydrogen) atoms. The molecule has 1 heterocycles. The van der Waals surface area contributed by atoms with Crippen LogP contribution in [-0.4, -0.2) is 20.1 Å². The minimum Gasteiger partial charge on any atom is -0.273 e. The third-order valence-corrected chi connectivity index (χ3v) is 4.92. The SMILES string of the molecule is Cc1ccccc1N1C(=O)C(C)(C)CS1(=O)=O. The normalized spacial score (nSPS) is 21.8. The molecule has 0 unspecified atom stereocenters. The second-order valence-corrected chi connectivity index (χ2v) is 6.81. The van der Waals surface area contributed by atoms with E-state index in [1.54, 1.807) is 39.0 Å². The summed E-state index contributed by atoms with van der Waals surface area (Å²) in [5, 5.41) is 0. The lowest BCUT2D eigenvalue weighted by Crippen LogP contribution is -2.33. The maximum absolute atomic E-state index is 12.1. The van der Waals surface area contributed by atoms with Crippen LogP contribution < -0.4 is 4.31 Å². The van der Waals surface area contributed by atoms with Gasteiger partial charge in [0.25, 0.3) is 0 Å². The highest BCUT2D eigenvalue weighted by molar-refractivity contribution is 7.94. The molecule has 1 aromatic carbocycles. The lowest BCUT2D eigenvalue weighted by Gasteiger charge is -2.19. The second-order valence-electron chi connectivity index (χ2n) is 5.00. The number of carbonyl (C=O) groups is 1. The molecule has 2 rings (SSSR count). The van der Waals surface area contributed by atoms with Crippen molar-refractivity contribution in [2.24, 2.45) is 5.41 Å². The summed E-state index contributed by atoms with van der Waals surface area (Å²) in [5.74, 6) is -0.487. The summed E-state index contributed by atoms with van der Waals surface area (Å²) in [6, 6.07) is 7.00. The van der Waals surface area contributed by atoms with Gasteiger partial charge in [0, 0.05) is 0 Å². The van der Waals surface area contributed by atoms with Crippen molar-refractivity contribution in [1.82, 2.24) is 0 Å². The van der Waals surface area contributed by atoms with E-state index in [1.807, 2.05) is 6.07 Å². The summed E-state index contributed by atoms with van der Waals surface area (Å²) in [4.78, 5) is 12.1. The Morgan fingerprint density at radius 1 is 1.24 bits per heavy atom. The number of aryl methyl sites for hydroxylation is 1. The van der Waals surface area contributed by atoms with Gasteiger partial charge in [0.1, 0.15) is 0 Å². The van der Waals surface area contributed by atoms with E-state index in [9.17, 15) is 13.2 Å². The van der Waals surface area contributed by atoms with E-state index in [2.05, 4.69) is 0 Å². The number of rotatable bonds is 1. The Balaban J connectivity index is 2.61. The van der Waals surface area contributed by atoms with Crippen LogP contribution in [0.2, 0.25) is 0 Å². The van der Waals surface area contributed by atoms with Crippen molar-refractivity contribution >= 4 is 21.6 Å². The van der Waals surface area contributed by atoms with Crippen LogP contribution in [-0.2, 0) is 14.8 Å². The molecule has 1 aliphatic heterocycles. The predicted molar refractivity (Wildman–Crippen MR) is 66.2 cm³/mol.